The minimum absolute atomic E-state index is 0.0756. The highest BCUT2D eigenvalue weighted by Gasteiger charge is 2.15. The number of hydrogen-bond donors (Lipinski definition) is 2. The van der Waals surface area contributed by atoms with E-state index < -0.39 is 5.82 Å². The molecule has 2 N–H and O–H groups in total. The summed E-state index contributed by atoms with van der Waals surface area (Å²) in [7, 11) is 0. The van der Waals surface area contributed by atoms with Gasteiger partial charge < -0.3 is 10.3 Å². The van der Waals surface area contributed by atoms with Crippen LogP contribution in [0.2, 0.25) is 0 Å². The number of benzene rings is 1. The molecule has 18 heavy (non-hydrogen) atoms. The average Bonchev–Trinajstić information content (AvgIpc) is 2.83. The van der Waals surface area contributed by atoms with Crippen LogP contribution in [0, 0.1) is 5.82 Å². The van der Waals surface area contributed by atoms with Crippen molar-refractivity contribution in [2.45, 2.75) is 13.5 Å². The Bertz CT molecular complexity index is 593. The molecule has 5 nitrogen and oxygen atoms in total. The van der Waals surface area contributed by atoms with Crippen molar-refractivity contribution in [3.63, 3.8) is 0 Å². The molecule has 6 heteroatoms. The number of nitrogens with zero attached hydrogens (tertiary/aromatic N) is 3. The molecule has 0 radical (unpaired) electrons. The number of halogens is 1. The van der Waals surface area contributed by atoms with Crippen molar-refractivity contribution >= 4 is 5.71 Å². The van der Waals surface area contributed by atoms with Gasteiger partial charge in [0.2, 0.25) is 0 Å². The van der Waals surface area contributed by atoms with Crippen LogP contribution in [0.15, 0.2) is 35.7 Å². The zero-order chi connectivity index (χ0) is 13.1. The normalized spacial score (nSPS) is 11.8. The molecule has 0 bridgehead atoms. The molecule has 0 amide bonds. The fraction of sp³-hybridized carbons (Fsp3) is 0.167. The second-order valence-corrected chi connectivity index (χ2v) is 3.69. The van der Waals surface area contributed by atoms with E-state index >= 15 is 0 Å². The van der Waals surface area contributed by atoms with Crippen molar-refractivity contribution in [1.82, 2.24) is 9.78 Å². The Morgan fingerprint density at radius 2 is 2.28 bits per heavy atom. The van der Waals surface area contributed by atoms with Gasteiger partial charge in [-0.15, -0.1) is 0 Å². The number of aromatic hydroxyl groups is 1. The lowest BCUT2D eigenvalue weighted by molar-refractivity contribution is 0.319. The summed E-state index contributed by atoms with van der Waals surface area (Å²) in [6.45, 7) is 2.57. The summed E-state index contributed by atoms with van der Waals surface area (Å²) in [6, 6.07) is 3.44. The first-order chi connectivity index (χ1) is 8.65. The third-order valence-corrected chi connectivity index (χ3v) is 2.54. The molecule has 0 saturated carbocycles. The zero-order valence-electron chi connectivity index (χ0n) is 9.71. The van der Waals surface area contributed by atoms with E-state index in [1.54, 1.807) is 10.9 Å². The molecule has 0 saturated heterocycles. The lowest BCUT2D eigenvalue weighted by atomic mass is 10.0. The smallest absolute Gasteiger partial charge is 0.125 e. The Hall–Kier alpha value is -2.37. The fourth-order valence-electron chi connectivity index (χ4n) is 1.62. The lowest BCUT2D eigenvalue weighted by Gasteiger charge is -2.05. The van der Waals surface area contributed by atoms with Gasteiger partial charge in [-0.25, -0.2) is 4.39 Å². The minimum Gasteiger partial charge on any atom is -0.507 e. The third kappa shape index (κ3) is 2.17. The first-order valence-electron chi connectivity index (χ1n) is 5.39. The molecule has 94 valence electrons. The average molecular weight is 249 g/mol. The largest absolute Gasteiger partial charge is 0.507 e. The Kier molecular flexibility index (Phi) is 3.27. The van der Waals surface area contributed by atoms with Gasteiger partial charge in [-0.05, 0) is 25.1 Å². The molecule has 1 aromatic heterocycles. The number of phenolic OH excluding ortho intramolecular Hbond substituents is 1. The van der Waals surface area contributed by atoms with Gasteiger partial charge in [-0.2, -0.15) is 5.10 Å². The molecule has 2 aromatic rings. The Balaban J connectivity index is 2.49. The number of hydrogen-bond acceptors (Lipinski definition) is 4. The maximum atomic E-state index is 13.2. The second kappa shape index (κ2) is 4.87. The molecule has 0 aliphatic carbocycles. The van der Waals surface area contributed by atoms with Gasteiger partial charge in [-0.3, -0.25) is 4.68 Å². The van der Waals surface area contributed by atoms with E-state index in [0.717, 1.165) is 12.1 Å². The SMILES string of the molecule is CCn1cc(/C(=N\O)c2cc(F)ccc2O)cn1. The van der Waals surface area contributed by atoms with Crippen molar-refractivity contribution in [3.05, 3.63) is 47.5 Å². The summed E-state index contributed by atoms with van der Waals surface area (Å²) in [5.41, 5.74) is 0.695. The standard InChI is InChI=1S/C12H12FN3O2/c1-2-16-7-8(6-14-16)12(15-18)10-5-9(13)3-4-11(10)17/h3-7,17-18H,2H2,1H3/b15-12+. The Morgan fingerprint density at radius 3 is 2.89 bits per heavy atom. The predicted octanol–water partition coefficient (Wildman–Crippen LogP) is 1.97. The van der Waals surface area contributed by atoms with Crippen LogP contribution in [0.25, 0.3) is 0 Å². The number of aromatic nitrogens is 2. The number of phenols is 1. The van der Waals surface area contributed by atoms with Crippen LogP contribution >= 0.6 is 0 Å². The number of rotatable bonds is 3. The zero-order valence-corrected chi connectivity index (χ0v) is 9.71. The Morgan fingerprint density at radius 1 is 1.50 bits per heavy atom. The van der Waals surface area contributed by atoms with Crippen LogP contribution in [0.4, 0.5) is 4.39 Å². The minimum atomic E-state index is -0.521. The predicted molar refractivity (Wildman–Crippen MR) is 63.4 cm³/mol. The highest BCUT2D eigenvalue weighted by molar-refractivity contribution is 6.13. The van der Waals surface area contributed by atoms with Crippen molar-refractivity contribution < 1.29 is 14.7 Å². The van der Waals surface area contributed by atoms with Crippen molar-refractivity contribution in [1.29, 1.82) is 0 Å². The summed E-state index contributed by atoms with van der Waals surface area (Å²) < 4.78 is 14.8. The highest BCUT2D eigenvalue weighted by atomic mass is 19.1. The van der Waals surface area contributed by atoms with Crippen LogP contribution in [-0.4, -0.2) is 25.8 Å². The summed E-state index contributed by atoms with van der Waals surface area (Å²) in [5.74, 6) is -0.680. The van der Waals surface area contributed by atoms with E-state index in [9.17, 15) is 9.50 Å². The maximum Gasteiger partial charge on any atom is 0.125 e. The number of oxime groups is 1. The van der Waals surface area contributed by atoms with Gasteiger partial charge in [-0.1, -0.05) is 5.16 Å². The Labute approximate surface area is 103 Å². The summed E-state index contributed by atoms with van der Waals surface area (Å²) >= 11 is 0. The molecule has 0 aliphatic rings. The van der Waals surface area contributed by atoms with E-state index in [-0.39, 0.29) is 17.0 Å². The van der Waals surface area contributed by atoms with Crippen LogP contribution < -0.4 is 0 Å². The monoisotopic (exact) mass is 249 g/mol. The van der Waals surface area contributed by atoms with Gasteiger partial charge in [0.05, 0.1) is 6.20 Å². The second-order valence-electron chi connectivity index (χ2n) is 3.69. The lowest BCUT2D eigenvalue weighted by Crippen LogP contribution is -2.03. The molecule has 2 rings (SSSR count). The first kappa shape index (κ1) is 12.1. The first-order valence-corrected chi connectivity index (χ1v) is 5.39. The van der Waals surface area contributed by atoms with E-state index in [0.29, 0.717) is 12.1 Å². The van der Waals surface area contributed by atoms with Gasteiger partial charge in [0, 0.05) is 23.9 Å². The molecular formula is C12H12FN3O2. The molecule has 0 atom stereocenters. The molecule has 0 spiro atoms. The van der Waals surface area contributed by atoms with Crippen molar-refractivity contribution in [3.8, 4) is 5.75 Å². The fourth-order valence-corrected chi connectivity index (χ4v) is 1.62. The maximum absolute atomic E-state index is 13.2. The van der Waals surface area contributed by atoms with Crippen LogP contribution in [0.5, 0.6) is 5.75 Å². The third-order valence-electron chi connectivity index (χ3n) is 2.54. The summed E-state index contributed by atoms with van der Waals surface area (Å²) in [6.07, 6.45) is 3.14. The van der Waals surface area contributed by atoms with Crippen LogP contribution in [0.1, 0.15) is 18.1 Å². The van der Waals surface area contributed by atoms with Crippen molar-refractivity contribution in [2.75, 3.05) is 0 Å². The van der Waals surface area contributed by atoms with E-state index in [2.05, 4.69) is 10.3 Å². The molecular weight excluding hydrogens is 237 g/mol. The van der Waals surface area contributed by atoms with Crippen LogP contribution in [0.3, 0.4) is 0 Å². The van der Waals surface area contributed by atoms with E-state index in [1.807, 2.05) is 6.92 Å². The topological polar surface area (TPSA) is 70.6 Å². The van der Waals surface area contributed by atoms with Crippen molar-refractivity contribution in [2.24, 2.45) is 5.16 Å². The highest BCUT2D eigenvalue weighted by Crippen LogP contribution is 2.22. The van der Waals surface area contributed by atoms with E-state index in [4.69, 9.17) is 5.21 Å². The summed E-state index contributed by atoms with van der Waals surface area (Å²) in [5, 5.41) is 25.9. The number of aryl methyl sites for hydroxylation is 1. The molecule has 1 heterocycles. The van der Waals surface area contributed by atoms with Gasteiger partial charge in [0.25, 0.3) is 0 Å². The molecule has 0 fully saturated rings. The molecule has 0 unspecified atom stereocenters. The molecule has 1 aromatic carbocycles. The van der Waals surface area contributed by atoms with Gasteiger partial charge in [0.15, 0.2) is 0 Å². The van der Waals surface area contributed by atoms with Gasteiger partial charge >= 0.3 is 0 Å². The van der Waals surface area contributed by atoms with Crippen LogP contribution in [-0.2, 0) is 6.54 Å². The molecule has 0 aliphatic heterocycles. The van der Waals surface area contributed by atoms with E-state index in [1.165, 1.54) is 12.3 Å². The quantitative estimate of drug-likeness (QED) is 0.496. The van der Waals surface area contributed by atoms with Gasteiger partial charge in [0.1, 0.15) is 17.3 Å². The summed E-state index contributed by atoms with van der Waals surface area (Å²) in [4.78, 5) is 0.